The predicted octanol–water partition coefficient (Wildman–Crippen LogP) is -0.642. The van der Waals surface area contributed by atoms with E-state index < -0.39 is 30.0 Å². The molecule has 22 heavy (non-hydrogen) atoms. The van der Waals surface area contributed by atoms with Gasteiger partial charge in [-0.15, -0.1) is 6.42 Å². The lowest BCUT2D eigenvalue weighted by atomic mass is 9.99. The summed E-state index contributed by atoms with van der Waals surface area (Å²) in [6.45, 7) is 1.70. The summed E-state index contributed by atoms with van der Waals surface area (Å²) in [6.07, 6.45) is 5.70. The number of aliphatic hydroxyl groups is 2. The fourth-order valence-electron chi connectivity index (χ4n) is 2.16. The SMILES string of the molecule is C#CCOC1C=C(N2N=CC(=O)C(O)CC2=O)C(C)=CC1O. The van der Waals surface area contributed by atoms with Crippen molar-refractivity contribution in [2.75, 3.05) is 6.61 Å². The minimum Gasteiger partial charge on any atom is -0.386 e. The van der Waals surface area contributed by atoms with Gasteiger partial charge in [0.2, 0.25) is 11.7 Å². The highest BCUT2D eigenvalue weighted by molar-refractivity contribution is 6.30. The first-order chi connectivity index (χ1) is 10.4. The van der Waals surface area contributed by atoms with Crippen molar-refractivity contribution in [2.24, 2.45) is 5.10 Å². The molecule has 1 aliphatic heterocycles. The van der Waals surface area contributed by atoms with E-state index in [1.807, 2.05) is 0 Å². The largest absolute Gasteiger partial charge is 0.386 e. The highest BCUT2D eigenvalue weighted by Crippen LogP contribution is 2.26. The van der Waals surface area contributed by atoms with Crippen LogP contribution in [0.15, 0.2) is 28.5 Å². The second-order valence-corrected chi connectivity index (χ2v) is 4.94. The number of nitrogens with zero attached hydrogens (tertiary/aromatic N) is 2. The topological polar surface area (TPSA) is 99.4 Å². The molecule has 7 nitrogen and oxygen atoms in total. The van der Waals surface area contributed by atoms with Gasteiger partial charge in [0.05, 0.1) is 18.3 Å². The molecule has 0 aromatic carbocycles. The van der Waals surface area contributed by atoms with E-state index in [9.17, 15) is 19.8 Å². The number of carbonyl (C=O) groups is 2. The zero-order valence-electron chi connectivity index (χ0n) is 12.0. The Labute approximate surface area is 127 Å². The van der Waals surface area contributed by atoms with E-state index in [-0.39, 0.29) is 13.0 Å². The van der Waals surface area contributed by atoms with Crippen LogP contribution < -0.4 is 0 Å². The molecule has 1 amide bonds. The van der Waals surface area contributed by atoms with Crippen LogP contribution >= 0.6 is 0 Å². The summed E-state index contributed by atoms with van der Waals surface area (Å²) in [6, 6.07) is 0. The first-order valence-electron chi connectivity index (χ1n) is 6.66. The summed E-state index contributed by atoms with van der Waals surface area (Å²) in [4.78, 5) is 23.5. The monoisotopic (exact) mass is 304 g/mol. The van der Waals surface area contributed by atoms with Crippen LogP contribution in [0.2, 0.25) is 0 Å². The number of allylic oxidation sites excluding steroid dienone is 1. The predicted molar refractivity (Wildman–Crippen MR) is 77.4 cm³/mol. The molecule has 3 atom stereocenters. The highest BCUT2D eigenvalue weighted by atomic mass is 16.5. The van der Waals surface area contributed by atoms with E-state index in [1.165, 1.54) is 12.2 Å². The lowest BCUT2D eigenvalue weighted by Gasteiger charge is -2.28. The van der Waals surface area contributed by atoms with E-state index >= 15 is 0 Å². The van der Waals surface area contributed by atoms with Gasteiger partial charge < -0.3 is 14.9 Å². The van der Waals surface area contributed by atoms with Crippen molar-refractivity contribution < 1.29 is 24.5 Å². The molecule has 3 unspecified atom stereocenters. The van der Waals surface area contributed by atoms with E-state index in [0.717, 1.165) is 11.2 Å². The first kappa shape index (κ1) is 16.1. The minimum absolute atomic E-state index is 0.00675. The van der Waals surface area contributed by atoms with Crippen LogP contribution in [0.5, 0.6) is 0 Å². The van der Waals surface area contributed by atoms with Crippen LogP contribution in [0.3, 0.4) is 0 Å². The van der Waals surface area contributed by atoms with Gasteiger partial charge in [-0.25, -0.2) is 5.01 Å². The molecule has 2 aliphatic rings. The van der Waals surface area contributed by atoms with Crippen LogP contribution in [0.1, 0.15) is 13.3 Å². The maximum absolute atomic E-state index is 12.1. The van der Waals surface area contributed by atoms with Crippen molar-refractivity contribution in [3.05, 3.63) is 23.4 Å². The summed E-state index contributed by atoms with van der Waals surface area (Å²) < 4.78 is 5.31. The van der Waals surface area contributed by atoms with Gasteiger partial charge in [-0.3, -0.25) is 9.59 Å². The minimum atomic E-state index is -1.39. The zero-order chi connectivity index (χ0) is 16.3. The second kappa shape index (κ2) is 6.66. The van der Waals surface area contributed by atoms with E-state index in [1.54, 1.807) is 6.92 Å². The Hall–Kier alpha value is -2.27. The molecule has 1 aliphatic carbocycles. The standard InChI is InChI=1S/C15H16N2O5/c1-3-4-22-14-6-10(9(2)5-12(14)19)17-15(21)7-11(18)13(20)8-16-17/h1,5-6,8,11-12,14,18-19H,4,7H2,2H3. The fraction of sp³-hybridized carbons (Fsp3) is 0.400. The molecule has 0 saturated carbocycles. The summed E-state index contributed by atoms with van der Waals surface area (Å²) in [5, 5.41) is 24.3. The van der Waals surface area contributed by atoms with Gasteiger partial charge in [0.15, 0.2) is 0 Å². The molecule has 0 fully saturated rings. The fourth-order valence-corrected chi connectivity index (χ4v) is 2.16. The molecule has 0 saturated heterocycles. The lowest BCUT2D eigenvalue weighted by molar-refractivity contribution is -0.133. The number of ether oxygens (including phenoxy) is 1. The number of terminal acetylenes is 1. The van der Waals surface area contributed by atoms with Gasteiger partial charge in [-0.2, -0.15) is 5.10 Å². The van der Waals surface area contributed by atoms with Gasteiger partial charge in [0.1, 0.15) is 24.9 Å². The Morgan fingerprint density at radius 1 is 1.45 bits per heavy atom. The molecular formula is C15H16N2O5. The number of ketones is 1. The number of hydrogen-bond acceptors (Lipinski definition) is 6. The van der Waals surface area contributed by atoms with Gasteiger partial charge >= 0.3 is 0 Å². The maximum atomic E-state index is 12.1. The molecule has 116 valence electrons. The van der Waals surface area contributed by atoms with Crippen LogP contribution in [-0.4, -0.2) is 58.0 Å². The number of rotatable bonds is 3. The quantitative estimate of drug-likeness (QED) is 0.676. The summed E-state index contributed by atoms with van der Waals surface area (Å²) in [5.74, 6) is 1.14. The Balaban J connectivity index is 2.30. The number of aliphatic hydroxyl groups excluding tert-OH is 2. The number of amides is 1. The maximum Gasteiger partial charge on any atom is 0.250 e. The first-order valence-corrected chi connectivity index (χ1v) is 6.66. The molecule has 0 spiro atoms. The van der Waals surface area contributed by atoms with Gasteiger partial charge in [0, 0.05) is 0 Å². The summed E-state index contributed by atoms with van der Waals surface area (Å²) in [5.41, 5.74) is 0.984. The van der Waals surface area contributed by atoms with Crippen molar-refractivity contribution in [3.63, 3.8) is 0 Å². The van der Waals surface area contributed by atoms with Crippen molar-refractivity contribution in [2.45, 2.75) is 31.7 Å². The molecule has 1 heterocycles. The number of carbonyl (C=O) groups excluding carboxylic acids is 2. The Morgan fingerprint density at radius 2 is 2.18 bits per heavy atom. The van der Waals surface area contributed by atoms with E-state index in [0.29, 0.717) is 11.3 Å². The van der Waals surface area contributed by atoms with Crippen LogP contribution in [0.4, 0.5) is 0 Å². The van der Waals surface area contributed by atoms with Crippen molar-refractivity contribution in [1.82, 2.24) is 5.01 Å². The van der Waals surface area contributed by atoms with Crippen LogP contribution in [0.25, 0.3) is 0 Å². The summed E-state index contributed by atoms with van der Waals surface area (Å²) in [7, 11) is 0. The third-order valence-electron chi connectivity index (χ3n) is 3.30. The molecule has 0 bridgehead atoms. The molecule has 7 heteroatoms. The molecule has 0 aromatic heterocycles. The highest BCUT2D eigenvalue weighted by Gasteiger charge is 2.31. The van der Waals surface area contributed by atoms with E-state index in [4.69, 9.17) is 11.2 Å². The summed E-state index contributed by atoms with van der Waals surface area (Å²) >= 11 is 0. The normalized spacial score (nSPS) is 28.8. The second-order valence-electron chi connectivity index (χ2n) is 4.94. The zero-order valence-corrected chi connectivity index (χ0v) is 12.0. The average molecular weight is 304 g/mol. The van der Waals surface area contributed by atoms with Gasteiger partial charge in [-0.1, -0.05) is 5.92 Å². The van der Waals surface area contributed by atoms with Crippen molar-refractivity contribution in [1.29, 1.82) is 0 Å². The molecule has 2 N–H and O–H groups in total. The molecule has 0 aromatic rings. The van der Waals surface area contributed by atoms with Crippen molar-refractivity contribution >= 4 is 17.9 Å². The Kier molecular flexibility index (Phi) is 4.88. The smallest absolute Gasteiger partial charge is 0.250 e. The number of Topliss-reactive ketones (excluding diaryl/α,β-unsaturated/α-hetero) is 1. The van der Waals surface area contributed by atoms with Crippen molar-refractivity contribution in [3.8, 4) is 12.3 Å². The number of hydrogen-bond donors (Lipinski definition) is 2. The van der Waals surface area contributed by atoms with E-state index in [2.05, 4.69) is 11.0 Å². The van der Waals surface area contributed by atoms with Crippen LogP contribution in [-0.2, 0) is 14.3 Å². The third-order valence-corrected chi connectivity index (χ3v) is 3.30. The van der Waals surface area contributed by atoms with Gasteiger partial charge in [-0.05, 0) is 24.6 Å². The lowest BCUT2D eigenvalue weighted by Crippen LogP contribution is -2.34. The molecular weight excluding hydrogens is 288 g/mol. The molecule has 2 rings (SSSR count). The Bertz CT molecular complexity index is 614. The average Bonchev–Trinajstić information content (AvgIpc) is 2.58. The molecule has 0 radical (unpaired) electrons. The third kappa shape index (κ3) is 3.31. The Morgan fingerprint density at radius 3 is 2.86 bits per heavy atom. The van der Waals surface area contributed by atoms with Gasteiger partial charge in [0.25, 0.3) is 0 Å². The van der Waals surface area contributed by atoms with Crippen LogP contribution in [0, 0.1) is 12.3 Å². The number of hydrazone groups is 1.